The minimum Gasteiger partial charge on any atom is -0.399 e. The van der Waals surface area contributed by atoms with E-state index in [9.17, 15) is 0 Å². The fourth-order valence-electron chi connectivity index (χ4n) is 1.18. The van der Waals surface area contributed by atoms with Gasteiger partial charge >= 0.3 is 0 Å². The molecule has 0 atom stereocenters. The molecule has 1 aromatic rings. The van der Waals surface area contributed by atoms with Gasteiger partial charge in [0.25, 0.3) is 0 Å². The van der Waals surface area contributed by atoms with Gasteiger partial charge in [-0.2, -0.15) is 0 Å². The Morgan fingerprint density at radius 3 is 3.00 bits per heavy atom. The van der Waals surface area contributed by atoms with Gasteiger partial charge in [-0.3, -0.25) is 4.99 Å². The average molecular weight is 178 g/mol. The number of nitrogen functional groups attached to an aromatic ring is 1. The SMILES string of the molecule is Nc1cccc(C2=NCCS2)c1. The van der Waals surface area contributed by atoms with Crippen LogP contribution in [-0.4, -0.2) is 17.3 Å². The van der Waals surface area contributed by atoms with Crippen LogP contribution in [-0.2, 0) is 0 Å². The standard InChI is InChI=1S/C9H10N2S/c10-8-3-1-2-7(6-8)9-11-4-5-12-9/h1-3,6H,4-5,10H2. The zero-order chi connectivity index (χ0) is 8.39. The summed E-state index contributed by atoms with van der Waals surface area (Å²) in [5.41, 5.74) is 7.62. The second-order valence-corrected chi connectivity index (χ2v) is 3.74. The van der Waals surface area contributed by atoms with E-state index in [1.165, 1.54) is 0 Å². The Morgan fingerprint density at radius 1 is 1.42 bits per heavy atom. The summed E-state index contributed by atoms with van der Waals surface area (Å²) in [7, 11) is 0. The number of anilines is 1. The Balaban J connectivity index is 2.33. The lowest BCUT2D eigenvalue weighted by molar-refractivity contribution is 1.17. The Hall–Kier alpha value is -0.960. The molecule has 0 radical (unpaired) electrons. The summed E-state index contributed by atoms with van der Waals surface area (Å²) in [6.45, 7) is 0.939. The van der Waals surface area contributed by atoms with Gasteiger partial charge in [0.05, 0.1) is 5.04 Å². The van der Waals surface area contributed by atoms with Crippen LogP contribution >= 0.6 is 11.8 Å². The Bertz CT molecular complexity index is 320. The molecule has 0 bridgehead atoms. The van der Waals surface area contributed by atoms with Gasteiger partial charge in [0.2, 0.25) is 0 Å². The molecule has 0 aromatic heterocycles. The van der Waals surface area contributed by atoms with Gasteiger partial charge in [-0.25, -0.2) is 0 Å². The highest BCUT2D eigenvalue weighted by molar-refractivity contribution is 8.14. The van der Waals surface area contributed by atoms with Crippen molar-refractivity contribution in [3.05, 3.63) is 29.8 Å². The third-order valence-electron chi connectivity index (χ3n) is 1.72. The molecule has 2 nitrogen and oxygen atoms in total. The molecule has 3 heteroatoms. The van der Waals surface area contributed by atoms with E-state index in [1.54, 1.807) is 11.8 Å². The van der Waals surface area contributed by atoms with Gasteiger partial charge < -0.3 is 5.73 Å². The third-order valence-corrected chi connectivity index (χ3v) is 2.74. The molecule has 2 rings (SSSR count). The number of benzene rings is 1. The van der Waals surface area contributed by atoms with Crippen molar-refractivity contribution in [2.45, 2.75) is 0 Å². The zero-order valence-electron chi connectivity index (χ0n) is 6.66. The Morgan fingerprint density at radius 2 is 2.33 bits per heavy atom. The number of hydrogen-bond donors (Lipinski definition) is 1. The maximum atomic E-state index is 5.66. The maximum absolute atomic E-state index is 5.66. The number of nitrogens with zero attached hydrogens (tertiary/aromatic N) is 1. The van der Waals surface area contributed by atoms with E-state index in [0.29, 0.717) is 0 Å². The van der Waals surface area contributed by atoms with Gasteiger partial charge in [0.15, 0.2) is 0 Å². The lowest BCUT2D eigenvalue weighted by Crippen LogP contribution is -1.93. The number of hydrogen-bond acceptors (Lipinski definition) is 3. The Kier molecular flexibility index (Phi) is 2.04. The van der Waals surface area contributed by atoms with Gasteiger partial charge in [-0.15, -0.1) is 11.8 Å². The van der Waals surface area contributed by atoms with Crippen molar-refractivity contribution in [2.75, 3.05) is 18.0 Å². The van der Waals surface area contributed by atoms with Crippen molar-refractivity contribution in [1.82, 2.24) is 0 Å². The molecule has 0 saturated carbocycles. The molecule has 1 aromatic carbocycles. The first-order valence-electron chi connectivity index (χ1n) is 3.89. The van der Waals surface area contributed by atoms with E-state index in [-0.39, 0.29) is 0 Å². The molecule has 2 N–H and O–H groups in total. The van der Waals surface area contributed by atoms with Crippen LogP contribution in [0, 0.1) is 0 Å². The van der Waals surface area contributed by atoms with Crippen LogP contribution in [0.2, 0.25) is 0 Å². The molecule has 12 heavy (non-hydrogen) atoms. The van der Waals surface area contributed by atoms with Crippen LogP contribution in [0.3, 0.4) is 0 Å². The first kappa shape index (κ1) is 7.68. The average Bonchev–Trinajstić information content (AvgIpc) is 2.56. The Labute approximate surface area is 75.9 Å². The topological polar surface area (TPSA) is 38.4 Å². The molecule has 62 valence electrons. The molecule has 0 aliphatic carbocycles. The molecule has 1 heterocycles. The monoisotopic (exact) mass is 178 g/mol. The molecular weight excluding hydrogens is 168 g/mol. The van der Waals surface area contributed by atoms with Gasteiger partial charge in [0.1, 0.15) is 0 Å². The largest absolute Gasteiger partial charge is 0.399 e. The summed E-state index contributed by atoms with van der Waals surface area (Å²) in [6, 6.07) is 7.88. The van der Waals surface area contributed by atoms with Crippen LogP contribution in [0.4, 0.5) is 5.69 Å². The summed E-state index contributed by atoms with van der Waals surface area (Å²) < 4.78 is 0. The van der Waals surface area contributed by atoms with E-state index in [0.717, 1.165) is 28.6 Å². The number of thioether (sulfide) groups is 1. The van der Waals surface area contributed by atoms with E-state index in [4.69, 9.17) is 5.73 Å². The first-order valence-corrected chi connectivity index (χ1v) is 4.88. The molecule has 0 unspecified atom stereocenters. The minimum atomic E-state index is 0.808. The zero-order valence-corrected chi connectivity index (χ0v) is 7.47. The van der Waals surface area contributed by atoms with Gasteiger partial charge in [-0.05, 0) is 12.1 Å². The predicted molar refractivity (Wildman–Crippen MR) is 54.7 cm³/mol. The van der Waals surface area contributed by atoms with Crippen LogP contribution in [0.15, 0.2) is 29.3 Å². The molecule has 0 saturated heterocycles. The highest BCUT2D eigenvalue weighted by Crippen LogP contribution is 2.20. The number of nitrogens with two attached hydrogens (primary N) is 1. The van der Waals surface area contributed by atoms with Crippen molar-refractivity contribution < 1.29 is 0 Å². The summed E-state index contributed by atoms with van der Waals surface area (Å²) in [4.78, 5) is 4.37. The third kappa shape index (κ3) is 1.46. The van der Waals surface area contributed by atoms with Gasteiger partial charge in [-0.1, -0.05) is 12.1 Å². The van der Waals surface area contributed by atoms with Crippen molar-refractivity contribution >= 4 is 22.5 Å². The van der Waals surface area contributed by atoms with Crippen LogP contribution < -0.4 is 5.73 Å². The van der Waals surface area contributed by atoms with E-state index in [1.807, 2.05) is 24.3 Å². The molecule has 0 spiro atoms. The molecule has 1 aliphatic rings. The number of aliphatic imine (C=N–C) groups is 1. The molecule has 1 aliphatic heterocycles. The van der Waals surface area contributed by atoms with E-state index in [2.05, 4.69) is 4.99 Å². The lowest BCUT2D eigenvalue weighted by Gasteiger charge is -1.99. The summed E-state index contributed by atoms with van der Waals surface area (Å²) in [6.07, 6.45) is 0. The normalized spacial score (nSPS) is 16.2. The van der Waals surface area contributed by atoms with Crippen molar-refractivity contribution in [2.24, 2.45) is 4.99 Å². The molecule has 0 fully saturated rings. The van der Waals surface area contributed by atoms with Crippen molar-refractivity contribution in [3.8, 4) is 0 Å². The second kappa shape index (κ2) is 3.19. The van der Waals surface area contributed by atoms with E-state index >= 15 is 0 Å². The van der Waals surface area contributed by atoms with Crippen molar-refractivity contribution in [3.63, 3.8) is 0 Å². The predicted octanol–water partition coefficient (Wildman–Crippen LogP) is 1.76. The lowest BCUT2D eigenvalue weighted by atomic mass is 10.2. The maximum Gasteiger partial charge on any atom is 0.0978 e. The first-order chi connectivity index (χ1) is 5.86. The second-order valence-electron chi connectivity index (χ2n) is 2.66. The van der Waals surface area contributed by atoms with E-state index < -0.39 is 0 Å². The number of rotatable bonds is 1. The van der Waals surface area contributed by atoms with Gasteiger partial charge in [0, 0.05) is 23.5 Å². The molecular formula is C9H10N2S. The summed E-state index contributed by atoms with van der Waals surface area (Å²) >= 11 is 1.80. The quantitative estimate of drug-likeness (QED) is 0.665. The van der Waals surface area contributed by atoms with Crippen LogP contribution in [0.5, 0.6) is 0 Å². The fraction of sp³-hybridized carbons (Fsp3) is 0.222. The highest BCUT2D eigenvalue weighted by atomic mass is 32.2. The van der Waals surface area contributed by atoms with Crippen LogP contribution in [0.25, 0.3) is 0 Å². The fourth-order valence-corrected chi connectivity index (χ4v) is 2.03. The minimum absolute atomic E-state index is 0.808. The van der Waals surface area contributed by atoms with Crippen LogP contribution in [0.1, 0.15) is 5.56 Å². The smallest absolute Gasteiger partial charge is 0.0978 e. The molecule has 0 amide bonds. The summed E-state index contributed by atoms with van der Waals surface area (Å²) in [5.74, 6) is 1.10. The summed E-state index contributed by atoms with van der Waals surface area (Å²) in [5, 5.41) is 1.13. The highest BCUT2D eigenvalue weighted by Gasteiger charge is 2.08. The van der Waals surface area contributed by atoms with Crippen molar-refractivity contribution in [1.29, 1.82) is 0 Å².